The average Bonchev–Trinajstić information content (AvgIpc) is 2.16. The van der Waals surface area contributed by atoms with Gasteiger partial charge in [0.1, 0.15) is 0 Å². The van der Waals surface area contributed by atoms with Gasteiger partial charge >= 0.3 is 0 Å². The first kappa shape index (κ1) is 13.5. The van der Waals surface area contributed by atoms with Gasteiger partial charge in [-0.05, 0) is 19.1 Å². The largest absolute Gasteiger partial charge is 0.392 e. The normalized spacial score (nSPS) is 15.8. The summed E-state index contributed by atoms with van der Waals surface area (Å²) in [7, 11) is -3.71. The van der Waals surface area contributed by atoms with Crippen molar-refractivity contribution < 1.29 is 13.5 Å². The highest BCUT2D eigenvalue weighted by Gasteiger charge is 2.17. The van der Waals surface area contributed by atoms with E-state index in [1.165, 1.54) is 17.8 Å². The van der Waals surface area contributed by atoms with Gasteiger partial charge in [0.25, 0.3) is 0 Å². The number of nitrogens with two attached hydrogens (primary N) is 1. The fraction of sp³-hybridized carbons (Fsp3) is 0.400. The molecule has 4 nitrogen and oxygen atoms in total. The van der Waals surface area contributed by atoms with Crippen LogP contribution in [0, 0.1) is 0 Å². The lowest BCUT2D eigenvalue weighted by molar-refractivity contribution is 0.196. The molecule has 0 heterocycles. The molecule has 0 spiro atoms. The van der Waals surface area contributed by atoms with Crippen LogP contribution in [0.1, 0.15) is 13.8 Å². The topological polar surface area (TPSA) is 80.4 Å². The fourth-order valence-electron chi connectivity index (χ4n) is 1.08. The number of thioether (sulfide) groups is 1. The molecular weight excluding hydrogens is 246 g/mol. The molecule has 0 aromatic heterocycles. The van der Waals surface area contributed by atoms with E-state index in [-0.39, 0.29) is 10.1 Å². The molecule has 1 aromatic rings. The maximum absolute atomic E-state index is 11.3. The number of primary sulfonamides is 1. The van der Waals surface area contributed by atoms with Crippen molar-refractivity contribution in [2.45, 2.75) is 35.0 Å². The van der Waals surface area contributed by atoms with Gasteiger partial charge in [0.15, 0.2) is 0 Å². The van der Waals surface area contributed by atoms with E-state index in [2.05, 4.69) is 0 Å². The van der Waals surface area contributed by atoms with Crippen molar-refractivity contribution in [1.29, 1.82) is 0 Å². The summed E-state index contributed by atoms with van der Waals surface area (Å²) in [5.74, 6) is 0. The second-order valence-corrected chi connectivity index (χ2v) is 6.50. The number of aliphatic hydroxyl groups is 1. The number of benzene rings is 1. The van der Waals surface area contributed by atoms with E-state index in [1.54, 1.807) is 25.1 Å². The first-order valence-electron chi connectivity index (χ1n) is 4.79. The molecule has 0 aliphatic rings. The van der Waals surface area contributed by atoms with Gasteiger partial charge in [-0.1, -0.05) is 19.1 Å². The number of hydrogen-bond donors (Lipinski definition) is 2. The third kappa shape index (κ3) is 3.48. The van der Waals surface area contributed by atoms with Crippen LogP contribution in [-0.2, 0) is 10.0 Å². The number of sulfonamides is 1. The molecule has 0 amide bonds. The van der Waals surface area contributed by atoms with Crippen LogP contribution in [0.5, 0.6) is 0 Å². The van der Waals surface area contributed by atoms with Gasteiger partial charge < -0.3 is 5.11 Å². The molecule has 0 radical (unpaired) electrons. The van der Waals surface area contributed by atoms with E-state index in [4.69, 9.17) is 5.14 Å². The van der Waals surface area contributed by atoms with Crippen LogP contribution >= 0.6 is 11.8 Å². The van der Waals surface area contributed by atoms with Crippen molar-refractivity contribution in [1.82, 2.24) is 0 Å². The average molecular weight is 261 g/mol. The summed E-state index contributed by atoms with van der Waals surface area (Å²) in [5, 5.41) is 14.4. The molecule has 2 atom stereocenters. The molecule has 0 saturated carbocycles. The molecule has 1 rings (SSSR count). The molecule has 3 N–H and O–H groups in total. The zero-order chi connectivity index (χ0) is 12.3. The van der Waals surface area contributed by atoms with Gasteiger partial charge in [-0.2, -0.15) is 0 Å². The molecule has 90 valence electrons. The van der Waals surface area contributed by atoms with Crippen molar-refractivity contribution in [3.05, 3.63) is 24.3 Å². The minimum Gasteiger partial charge on any atom is -0.392 e. The Labute approximate surface area is 99.9 Å². The van der Waals surface area contributed by atoms with Gasteiger partial charge in [0.05, 0.1) is 11.0 Å². The van der Waals surface area contributed by atoms with E-state index >= 15 is 0 Å². The highest BCUT2D eigenvalue weighted by Crippen LogP contribution is 2.30. The van der Waals surface area contributed by atoms with Crippen molar-refractivity contribution in [2.75, 3.05) is 0 Å². The Morgan fingerprint density at radius 3 is 2.38 bits per heavy atom. The molecule has 2 unspecified atom stereocenters. The third-order valence-electron chi connectivity index (χ3n) is 2.15. The highest BCUT2D eigenvalue weighted by atomic mass is 32.2. The second kappa shape index (κ2) is 5.18. The van der Waals surface area contributed by atoms with Gasteiger partial charge in [-0.15, -0.1) is 11.8 Å². The highest BCUT2D eigenvalue weighted by molar-refractivity contribution is 8.00. The van der Waals surface area contributed by atoms with Crippen LogP contribution in [0.15, 0.2) is 34.1 Å². The molecule has 0 aliphatic carbocycles. The van der Waals surface area contributed by atoms with Crippen molar-refractivity contribution in [3.8, 4) is 0 Å². The van der Waals surface area contributed by atoms with Crippen LogP contribution in [0.3, 0.4) is 0 Å². The Balaban J connectivity index is 3.06. The molecule has 6 heteroatoms. The summed E-state index contributed by atoms with van der Waals surface area (Å²) in [4.78, 5) is 0.672. The molecule has 0 aliphatic heterocycles. The Hall–Kier alpha value is -0.560. The van der Waals surface area contributed by atoms with Crippen molar-refractivity contribution in [3.63, 3.8) is 0 Å². The van der Waals surface area contributed by atoms with Gasteiger partial charge in [-0.3, -0.25) is 0 Å². The lowest BCUT2D eigenvalue weighted by atomic mass is 10.3. The van der Waals surface area contributed by atoms with Crippen LogP contribution in [-0.4, -0.2) is 24.9 Å². The minimum atomic E-state index is -3.71. The number of hydrogen-bond acceptors (Lipinski definition) is 4. The number of rotatable bonds is 4. The van der Waals surface area contributed by atoms with Gasteiger partial charge in [-0.25, -0.2) is 13.6 Å². The summed E-state index contributed by atoms with van der Waals surface area (Å²) in [6.07, 6.45) is -0.515. The van der Waals surface area contributed by atoms with E-state index < -0.39 is 16.1 Å². The number of aliphatic hydroxyl groups excluding tert-OH is 1. The molecule has 16 heavy (non-hydrogen) atoms. The Morgan fingerprint density at radius 1 is 1.31 bits per heavy atom. The lowest BCUT2D eigenvalue weighted by Crippen LogP contribution is -2.17. The molecule has 0 bridgehead atoms. The molecular formula is C10H15NO3S2. The van der Waals surface area contributed by atoms with Gasteiger partial charge in [0.2, 0.25) is 10.0 Å². The van der Waals surface area contributed by atoms with E-state index in [0.29, 0.717) is 4.90 Å². The smallest absolute Gasteiger partial charge is 0.239 e. The van der Waals surface area contributed by atoms with E-state index in [9.17, 15) is 13.5 Å². The van der Waals surface area contributed by atoms with Crippen molar-refractivity contribution >= 4 is 21.8 Å². The summed E-state index contributed by atoms with van der Waals surface area (Å²) in [6.45, 7) is 3.49. The standard InChI is InChI=1S/C10H15NO3S2/c1-7(12)8(2)15-9-5-3-4-6-10(9)16(11,13)14/h3-8,12H,1-2H3,(H2,11,13,14). The summed E-state index contributed by atoms with van der Waals surface area (Å²) >= 11 is 1.30. The Bertz CT molecular complexity index is 457. The predicted molar refractivity (Wildman–Crippen MR) is 64.8 cm³/mol. The maximum Gasteiger partial charge on any atom is 0.239 e. The zero-order valence-electron chi connectivity index (χ0n) is 9.12. The van der Waals surface area contributed by atoms with Crippen LogP contribution in [0.2, 0.25) is 0 Å². The fourth-order valence-corrected chi connectivity index (χ4v) is 3.13. The summed E-state index contributed by atoms with van der Waals surface area (Å²) in [5.41, 5.74) is 0. The van der Waals surface area contributed by atoms with Crippen LogP contribution in [0.25, 0.3) is 0 Å². The molecule has 0 fully saturated rings. The maximum atomic E-state index is 11.3. The van der Waals surface area contributed by atoms with Crippen LogP contribution in [0.4, 0.5) is 0 Å². The molecule has 0 saturated heterocycles. The van der Waals surface area contributed by atoms with Gasteiger partial charge in [0, 0.05) is 10.1 Å². The lowest BCUT2D eigenvalue weighted by Gasteiger charge is -2.15. The first-order chi connectivity index (χ1) is 7.32. The summed E-state index contributed by atoms with van der Waals surface area (Å²) in [6, 6.07) is 6.51. The second-order valence-electron chi connectivity index (χ2n) is 3.56. The SMILES string of the molecule is CC(O)C(C)Sc1ccccc1S(N)(=O)=O. The monoisotopic (exact) mass is 261 g/mol. The molecule has 1 aromatic carbocycles. The van der Waals surface area contributed by atoms with E-state index in [0.717, 1.165) is 0 Å². The third-order valence-corrected chi connectivity index (χ3v) is 4.62. The Kier molecular flexibility index (Phi) is 4.37. The minimum absolute atomic E-state index is 0.0945. The van der Waals surface area contributed by atoms with Crippen LogP contribution < -0.4 is 5.14 Å². The summed E-state index contributed by atoms with van der Waals surface area (Å²) < 4.78 is 22.6. The zero-order valence-corrected chi connectivity index (χ0v) is 10.8. The van der Waals surface area contributed by atoms with Crippen molar-refractivity contribution in [2.24, 2.45) is 5.14 Å². The van der Waals surface area contributed by atoms with E-state index in [1.807, 2.05) is 6.92 Å². The quantitative estimate of drug-likeness (QED) is 0.798. The Morgan fingerprint density at radius 2 is 1.88 bits per heavy atom. The predicted octanol–water partition coefficient (Wildman–Crippen LogP) is 1.20. The first-order valence-corrected chi connectivity index (χ1v) is 7.21.